The van der Waals surface area contributed by atoms with Crippen molar-refractivity contribution in [3.8, 4) is 17.2 Å². The molecule has 158 valence electrons. The van der Waals surface area contributed by atoms with Crippen LogP contribution >= 0.6 is 11.6 Å². The van der Waals surface area contributed by atoms with E-state index in [9.17, 15) is 14.7 Å². The molecule has 0 radical (unpaired) electrons. The van der Waals surface area contributed by atoms with Crippen LogP contribution in [0.2, 0.25) is 5.02 Å². The first-order valence-corrected chi connectivity index (χ1v) is 9.57. The maximum absolute atomic E-state index is 12.8. The fraction of sp³-hybridized carbons (Fsp3) is 0.0870. The molecule has 3 N–H and O–H groups in total. The van der Waals surface area contributed by atoms with Crippen molar-refractivity contribution in [3.05, 3.63) is 81.9 Å². The lowest BCUT2D eigenvalue weighted by atomic mass is 10.0. The summed E-state index contributed by atoms with van der Waals surface area (Å²) in [4.78, 5) is 24.4. The zero-order valence-corrected chi connectivity index (χ0v) is 17.5. The van der Waals surface area contributed by atoms with Gasteiger partial charge in [0, 0.05) is 16.3 Å². The molecule has 0 aliphatic heterocycles. The molecule has 0 saturated carbocycles. The smallest absolute Gasteiger partial charge is 0.270 e. The third kappa shape index (κ3) is 5.21. The van der Waals surface area contributed by atoms with Crippen molar-refractivity contribution in [2.24, 2.45) is 5.16 Å². The summed E-state index contributed by atoms with van der Waals surface area (Å²) in [5.41, 5.74) is 2.40. The van der Waals surface area contributed by atoms with Gasteiger partial charge in [-0.25, -0.2) is 0 Å². The van der Waals surface area contributed by atoms with Crippen LogP contribution in [0, 0.1) is 13.8 Å². The molecule has 0 unspecified atom stereocenters. The van der Waals surface area contributed by atoms with Crippen LogP contribution in [0.4, 0.5) is 5.69 Å². The summed E-state index contributed by atoms with van der Waals surface area (Å²) in [5, 5.41) is 24.3. The minimum atomic E-state index is -0.572. The molecule has 0 spiro atoms. The Morgan fingerprint density at radius 2 is 1.77 bits per heavy atom. The van der Waals surface area contributed by atoms with Gasteiger partial charge in [0.2, 0.25) is 0 Å². The van der Waals surface area contributed by atoms with Crippen LogP contribution < -0.4 is 10.1 Å². The van der Waals surface area contributed by atoms with E-state index in [1.807, 2.05) is 0 Å². The van der Waals surface area contributed by atoms with Crippen molar-refractivity contribution in [1.29, 1.82) is 0 Å². The minimum Gasteiger partial charge on any atom is -0.507 e. The van der Waals surface area contributed by atoms with Crippen molar-refractivity contribution in [3.63, 3.8) is 0 Å². The van der Waals surface area contributed by atoms with E-state index in [4.69, 9.17) is 21.5 Å². The van der Waals surface area contributed by atoms with E-state index in [2.05, 4.69) is 10.5 Å². The summed E-state index contributed by atoms with van der Waals surface area (Å²) in [6.07, 6.45) is 0.754. The first kappa shape index (κ1) is 21.9. The number of ketones is 1. The average Bonchev–Trinajstić information content (AvgIpc) is 2.71. The molecule has 1 amide bonds. The first-order chi connectivity index (χ1) is 14.8. The highest BCUT2D eigenvalue weighted by Crippen LogP contribution is 2.34. The van der Waals surface area contributed by atoms with E-state index in [0.29, 0.717) is 27.8 Å². The number of phenols is 1. The molecule has 3 rings (SSSR count). The Labute approximate surface area is 183 Å². The summed E-state index contributed by atoms with van der Waals surface area (Å²) < 4.78 is 5.98. The topological polar surface area (TPSA) is 108 Å². The van der Waals surface area contributed by atoms with Gasteiger partial charge in [0.25, 0.3) is 5.91 Å². The number of ether oxygens (including phenoxy) is 1. The van der Waals surface area contributed by atoms with Crippen LogP contribution in [0.1, 0.15) is 27.0 Å². The molecule has 7 nitrogen and oxygen atoms in total. The number of aryl methyl sites for hydroxylation is 2. The van der Waals surface area contributed by atoms with Crippen molar-refractivity contribution in [2.75, 3.05) is 5.32 Å². The van der Waals surface area contributed by atoms with Crippen LogP contribution in [0.25, 0.3) is 0 Å². The maximum Gasteiger partial charge on any atom is 0.270 e. The Bertz CT molecular complexity index is 1170. The van der Waals surface area contributed by atoms with Crippen LogP contribution in [-0.2, 0) is 4.79 Å². The number of amides is 1. The van der Waals surface area contributed by atoms with Crippen LogP contribution in [0.15, 0.2) is 59.8 Å². The van der Waals surface area contributed by atoms with Crippen molar-refractivity contribution >= 4 is 35.2 Å². The van der Waals surface area contributed by atoms with Crippen LogP contribution in [0.5, 0.6) is 17.2 Å². The molecule has 0 aliphatic rings. The lowest BCUT2D eigenvalue weighted by Gasteiger charge is -2.15. The molecule has 0 bridgehead atoms. The molecule has 0 aromatic heterocycles. The number of rotatable bonds is 6. The number of anilines is 1. The molecule has 0 atom stereocenters. The monoisotopic (exact) mass is 438 g/mol. The zero-order valence-electron chi connectivity index (χ0n) is 16.7. The van der Waals surface area contributed by atoms with Gasteiger partial charge in [0.15, 0.2) is 5.78 Å². The predicted molar refractivity (Wildman–Crippen MR) is 118 cm³/mol. The highest BCUT2D eigenvalue weighted by molar-refractivity contribution is 6.31. The molecule has 0 saturated heterocycles. The van der Waals surface area contributed by atoms with Crippen LogP contribution in [-0.4, -0.2) is 28.2 Å². The maximum atomic E-state index is 12.8. The second-order valence-electron chi connectivity index (χ2n) is 6.79. The van der Waals surface area contributed by atoms with Crippen molar-refractivity contribution < 1.29 is 24.6 Å². The number of carbonyl (C=O) groups excluding carboxylic acids is 2. The van der Waals surface area contributed by atoms with Gasteiger partial charge in [-0.2, -0.15) is 0 Å². The Balaban J connectivity index is 1.89. The highest BCUT2D eigenvalue weighted by Gasteiger charge is 2.16. The fourth-order valence-electron chi connectivity index (χ4n) is 3.07. The van der Waals surface area contributed by atoms with E-state index < -0.39 is 5.91 Å². The molecule has 0 aliphatic carbocycles. The van der Waals surface area contributed by atoms with Gasteiger partial charge in [0.1, 0.15) is 23.5 Å². The van der Waals surface area contributed by atoms with Crippen molar-refractivity contribution in [2.45, 2.75) is 13.8 Å². The third-order valence-electron chi connectivity index (χ3n) is 4.42. The molecule has 8 heteroatoms. The summed E-state index contributed by atoms with van der Waals surface area (Å²) >= 11 is 5.97. The quantitative estimate of drug-likeness (QED) is 0.215. The third-order valence-corrected chi connectivity index (χ3v) is 4.66. The number of aromatic hydroxyl groups is 1. The van der Waals surface area contributed by atoms with E-state index in [-0.39, 0.29) is 17.1 Å². The number of nitrogens with one attached hydrogen (secondary N) is 1. The highest BCUT2D eigenvalue weighted by atomic mass is 35.5. The number of nitrogens with zero attached hydrogens (tertiary/aromatic N) is 1. The number of hydrogen-bond acceptors (Lipinski definition) is 6. The number of halogens is 1. The standard InChI is InChI=1S/C23H19ClN2O5/c1-13-8-17(26-21(28)12-25-30)9-14(2)23(13)31-18-6-7-20(27)19(11-18)22(29)15-4-3-5-16(24)10-15/h3-12,27,30H,1-2H3,(H,26,28)/b25-12+. The largest absolute Gasteiger partial charge is 0.507 e. The molecule has 3 aromatic carbocycles. The van der Waals surface area contributed by atoms with E-state index in [1.54, 1.807) is 50.2 Å². The summed E-state index contributed by atoms with van der Waals surface area (Å²) in [6, 6.07) is 14.3. The van der Waals surface area contributed by atoms with E-state index in [0.717, 1.165) is 17.3 Å². The minimum absolute atomic E-state index is 0.0854. The summed E-state index contributed by atoms with van der Waals surface area (Å²) in [5.74, 6) is -0.228. The number of phenolic OH excluding ortho intramolecular Hbond substituents is 1. The number of hydrogen-bond donors (Lipinski definition) is 3. The normalized spacial score (nSPS) is 10.8. The Morgan fingerprint density at radius 1 is 1.06 bits per heavy atom. The number of oxime groups is 1. The molecule has 0 heterocycles. The summed E-state index contributed by atoms with van der Waals surface area (Å²) in [7, 11) is 0. The predicted octanol–water partition coefficient (Wildman–Crippen LogP) is 5.08. The van der Waals surface area contributed by atoms with Gasteiger partial charge in [-0.3, -0.25) is 9.59 Å². The number of benzene rings is 3. The van der Waals surface area contributed by atoms with Gasteiger partial charge >= 0.3 is 0 Å². The van der Waals surface area contributed by atoms with Gasteiger partial charge in [0.05, 0.1) is 5.56 Å². The Hall–Kier alpha value is -3.84. The van der Waals surface area contributed by atoms with Gasteiger partial charge in [-0.1, -0.05) is 28.9 Å². The first-order valence-electron chi connectivity index (χ1n) is 9.19. The molecular weight excluding hydrogens is 420 g/mol. The average molecular weight is 439 g/mol. The molecule has 0 fully saturated rings. The second-order valence-corrected chi connectivity index (χ2v) is 7.23. The lowest BCUT2D eigenvalue weighted by molar-refractivity contribution is -0.110. The Morgan fingerprint density at radius 3 is 2.42 bits per heavy atom. The van der Waals surface area contributed by atoms with E-state index >= 15 is 0 Å². The van der Waals surface area contributed by atoms with Crippen molar-refractivity contribution in [1.82, 2.24) is 0 Å². The summed E-state index contributed by atoms with van der Waals surface area (Å²) in [6.45, 7) is 3.60. The Kier molecular flexibility index (Phi) is 6.57. The van der Waals surface area contributed by atoms with Gasteiger partial charge in [-0.15, -0.1) is 0 Å². The molecule has 31 heavy (non-hydrogen) atoms. The van der Waals surface area contributed by atoms with Crippen LogP contribution in [0.3, 0.4) is 0 Å². The second kappa shape index (κ2) is 9.32. The SMILES string of the molecule is Cc1cc(NC(=O)/C=N/O)cc(C)c1Oc1ccc(O)c(C(=O)c2cccc(Cl)c2)c1. The van der Waals surface area contributed by atoms with Gasteiger partial charge in [-0.05, 0) is 67.4 Å². The molecule has 3 aromatic rings. The fourth-order valence-corrected chi connectivity index (χ4v) is 3.26. The zero-order chi connectivity index (χ0) is 22.5. The number of carbonyl (C=O) groups is 2. The molecular formula is C23H19ClN2O5. The lowest BCUT2D eigenvalue weighted by Crippen LogP contribution is -2.12. The van der Waals surface area contributed by atoms with Gasteiger partial charge < -0.3 is 20.4 Å². The van der Waals surface area contributed by atoms with E-state index in [1.165, 1.54) is 18.2 Å².